The summed E-state index contributed by atoms with van der Waals surface area (Å²) in [4.78, 5) is 21.9. The number of aryl methyl sites for hydroxylation is 2. The molecule has 0 saturated heterocycles. The molecule has 170 valence electrons. The SMILES string of the molecule is COc1cnc(C(=O)Cc2ccc3c(c2)[C@@]2(C)N=C(N)N(C)S(=O)(=O)[C@H]2CCC3)c(C)c1. The van der Waals surface area contributed by atoms with E-state index in [0.717, 1.165) is 39.4 Å². The van der Waals surface area contributed by atoms with Crippen molar-refractivity contribution in [2.24, 2.45) is 10.7 Å². The Morgan fingerprint density at radius 3 is 2.78 bits per heavy atom. The fraction of sp³-hybridized carbons (Fsp3) is 0.435. The number of nitrogens with two attached hydrogens (primary N) is 1. The van der Waals surface area contributed by atoms with Gasteiger partial charge in [-0.05, 0) is 61.4 Å². The molecule has 0 bridgehead atoms. The van der Waals surface area contributed by atoms with E-state index in [9.17, 15) is 13.2 Å². The molecule has 0 unspecified atom stereocenters. The minimum Gasteiger partial charge on any atom is -0.495 e. The molecule has 1 aromatic heterocycles. The number of nitrogens with zero attached hydrogens (tertiary/aromatic N) is 3. The first-order valence-corrected chi connectivity index (χ1v) is 12.1. The average Bonchev–Trinajstić information content (AvgIpc) is 2.89. The number of hydrogen-bond acceptors (Lipinski definition) is 7. The van der Waals surface area contributed by atoms with Gasteiger partial charge in [0.15, 0.2) is 5.78 Å². The minimum absolute atomic E-state index is 0.0175. The molecule has 2 N–H and O–H groups in total. The highest BCUT2D eigenvalue weighted by molar-refractivity contribution is 7.90. The fourth-order valence-corrected chi connectivity index (χ4v) is 6.69. The minimum atomic E-state index is -3.64. The maximum Gasteiger partial charge on any atom is 0.242 e. The largest absolute Gasteiger partial charge is 0.495 e. The van der Waals surface area contributed by atoms with Gasteiger partial charge in [-0.15, -0.1) is 0 Å². The van der Waals surface area contributed by atoms with Crippen LogP contribution in [0, 0.1) is 6.92 Å². The van der Waals surface area contributed by atoms with Crippen LogP contribution in [0.3, 0.4) is 0 Å². The highest BCUT2D eigenvalue weighted by atomic mass is 32.2. The van der Waals surface area contributed by atoms with E-state index in [4.69, 9.17) is 10.5 Å². The Kier molecular flexibility index (Phi) is 5.48. The lowest BCUT2D eigenvalue weighted by Gasteiger charge is -2.41. The van der Waals surface area contributed by atoms with E-state index in [-0.39, 0.29) is 18.2 Å². The molecule has 1 aromatic carbocycles. The van der Waals surface area contributed by atoms with Crippen molar-refractivity contribution >= 4 is 21.8 Å². The van der Waals surface area contributed by atoms with Crippen LogP contribution in [0.1, 0.15) is 52.5 Å². The molecule has 0 amide bonds. The lowest BCUT2D eigenvalue weighted by Crippen LogP contribution is -2.56. The molecule has 0 fully saturated rings. The van der Waals surface area contributed by atoms with Crippen molar-refractivity contribution in [2.45, 2.75) is 50.3 Å². The molecule has 1 aliphatic heterocycles. The van der Waals surface area contributed by atoms with Gasteiger partial charge in [-0.2, -0.15) is 0 Å². The van der Waals surface area contributed by atoms with Crippen LogP contribution < -0.4 is 10.5 Å². The number of sulfonamides is 1. The molecule has 2 aliphatic rings. The van der Waals surface area contributed by atoms with Crippen molar-refractivity contribution < 1.29 is 17.9 Å². The van der Waals surface area contributed by atoms with Crippen molar-refractivity contribution in [1.82, 2.24) is 9.29 Å². The molecule has 2 heterocycles. The number of hydrogen-bond donors (Lipinski definition) is 1. The number of benzene rings is 1. The molecule has 0 spiro atoms. The van der Waals surface area contributed by atoms with Gasteiger partial charge in [0.25, 0.3) is 0 Å². The van der Waals surface area contributed by atoms with Crippen LogP contribution in [0.2, 0.25) is 0 Å². The smallest absolute Gasteiger partial charge is 0.242 e. The molecule has 4 rings (SSSR count). The molecular formula is C23H28N4O4S. The normalized spacial score (nSPS) is 24.1. The summed E-state index contributed by atoms with van der Waals surface area (Å²) in [6.07, 6.45) is 3.67. The molecule has 8 nitrogen and oxygen atoms in total. The van der Waals surface area contributed by atoms with E-state index in [1.54, 1.807) is 13.2 Å². The third-order valence-electron chi connectivity index (χ3n) is 6.59. The number of rotatable bonds is 4. The summed E-state index contributed by atoms with van der Waals surface area (Å²) in [5.74, 6) is 0.470. The second kappa shape index (κ2) is 7.88. The summed E-state index contributed by atoms with van der Waals surface area (Å²) in [5.41, 5.74) is 8.81. The van der Waals surface area contributed by atoms with E-state index < -0.39 is 20.8 Å². The van der Waals surface area contributed by atoms with E-state index >= 15 is 0 Å². The molecule has 32 heavy (non-hydrogen) atoms. The molecule has 2 atom stereocenters. The number of ether oxygens (including phenoxy) is 1. The lowest BCUT2D eigenvalue weighted by atomic mass is 9.84. The van der Waals surface area contributed by atoms with Crippen LogP contribution in [-0.4, -0.2) is 48.9 Å². The van der Waals surface area contributed by atoms with Crippen LogP contribution in [0.15, 0.2) is 35.5 Å². The fourth-order valence-electron chi connectivity index (χ4n) is 4.78. The van der Waals surface area contributed by atoms with Gasteiger partial charge < -0.3 is 10.5 Å². The number of carbonyl (C=O) groups excluding carboxylic acids is 1. The second-order valence-electron chi connectivity index (χ2n) is 8.64. The number of carbonyl (C=O) groups is 1. The van der Waals surface area contributed by atoms with Crippen LogP contribution in [0.4, 0.5) is 0 Å². The number of ketones is 1. The summed E-state index contributed by atoms with van der Waals surface area (Å²) in [6, 6.07) is 7.61. The Balaban J connectivity index is 1.74. The maximum absolute atomic E-state index is 13.2. The van der Waals surface area contributed by atoms with Gasteiger partial charge in [-0.3, -0.25) is 4.79 Å². The summed E-state index contributed by atoms with van der Waals surface area (Å²) in [6.45, 7) is 3.66. The van der Waals surface area contributed by atoms with Gasteiger partial charge in [0.2, 0.25) is 16.0 Å². The predicted molar refractivity (Wildman–Crippen MR) is 122 cm³/mol. The van der Waals surface area contributed by atoms with Gasteiger partial charge in [-0.25, -0.2) is 22.7 Å². The quantitative estimate of drug-likeness (QED) is 0.706. The molecule has 9 heteroatoms. The van der Waals surface area contributed by atoms with Crippen molar-refractivity contribution in [1.29, 1.82) is 0 Å². The number of Topliss-reactive ketones (excluding diaryl/α,β-unsaturated/α-hetero) is 1. The average molecular weight is 457 g/mol. The standard InChI is InChI=1S/C23H28N4O4S/c1-14-10-17(31-4)13-25-21(14)19(28)12-15-8-9-16-6-5-7-20-23(2,18(16)11-15)26-22(24)27(3)32(20,29)30/h8-11,13,20H,5-7,12H2,1-4H3,(H2,24,26)/t20-,23+/m0/s1. The Hall–Kier alpha value is -2.94. The highest BCUT2D eigenvalue weighted by Gasteiger charge is 2.51. The first-order valence-electron chi connectivity index (χ1n) is 10.6. The van der Waals surface area contributed by atoms with Crippen molar-refractivity contribution in [3.8, 4) is 5.75 Å². The Labute approximate surface area is 188 Å². The Bertz CT molecular complexity index is 1220. The van der Waals surface area contributed by atoms with Crippen LogP contribution >= 0.6 is 0 Å². The zero-order valence-electron chi connectivity index (χ0n) is 18.8. The monoisotopic (exact) mass is 456 g/mol. The third-order valence-corrected chi connectivity index (χ3v) is 8.95. The summed E-state index contributed by atoms with van der Waals surface area (Å²) in [7, 11) is -0.640. The van der Waals surface area contributed by atoms with Crippen molar-refractivity contribution in [3.63, 3.8) is 0 Å². The molecule has 2 aromatic rings. The van der Waals surface area contributed by atoms with Crippen molar-refractivity contribution in [2.75, 3.05) is 14.2 Å². The maximum atomic E-state index is 13.2. The lowest BCUT2D eigenvalue weighted by molar-refractivity contribution is 0.0987. The number of aliphatic imine (C=N–C) groups is 1. The predicted octanol–water partition coefficient (Wildman–Crippen LogP) is 2.33. The molecule has 0 saturated carbocycles. The third kappa shape index (κ3) is 3.54. The van der Waals surface area contributed by atoms with Crippen LogP contribution in [-0.2, 0) is 28.4 Å². The number of guanidine groups is 1. The van der Waals surface area contributed by atoms with Gasteiger partial charge in [0, 0.05) is 13.5 Å². The first-order chi connectivity index (χ1) is 15.1. The van der Waals surface area contributed by atoms with Crippen LogP contribution in [0.25, 0.3) is 0 Å². The van der Waals surface area contributed by atoms with E-state index in [1.165, 1.54) is 13.2 Å². The van der Waals surface area contributed by atoms with Gasteiger partial charge in [-0.1, -0.05) is 18.2 Å². The van der Waals surface area contributed by atoms with Crippen molar-refractivity contribution in [3.05, 3.63) is 58.4 Å². The zero-order chi connectivity index (χ0) is 23.3. The number of aromatic nitrogens is 1. The van der Waals surface area contributed by atoms with Gasteiger partial charge in [0.1, 0.15) is 22.2 Å². The molecule has 1 aliphatic carbocycles. The number of fused-ring (bicyclic) bond motifs is 3. The summed E-state index contributed by atoms with van der Waals surface area (Å²) in [5, 5.41) is -0.704. The summed E-state index contributed by atoms with van der Waals surface area (Å²) < 4.78 is 32.6. The van der Waals surface area contributed by atoms with E-state index in [2.05, 4.69) is 9.98 Å². The second-order valence-corrected chi connectivity index (χ2v) is 10.8. The van der Waals surface area contributed by atoms with Gasteiger partial charge in [0.05, 0.1) is 13.3 Å². The van der Waals surface area contributed by atoms with E-state index in [0.29, 0.717) is 17.9 Å². The summed E-state index contributed by atoms with van der Waals surface area (Å²) >= 11 is 0. The first kappa shape index (κ1) is 22.3. The number of pyridine rings is 1. The highest BCUT2D eigenvalue weighted by Crippen LogP contribution is 2.44. The Morgan fingerprint density at radius 1 is 1.34 bits per heavy atom. The molecular weight excluding hydrogens is 428 g/mol. The zero-order valence-corrected chi connectivity index (χ0v) is 19.6. The molecule has 0 radical (unpaired) electrons. The van der Waals surface area contributed by atoms with Gasteiger partial charge >= 0.3 is 0 Å². The number of methoxy groups -OCH3 is 1. The van der Waals surface area contributed by atoms with Crippen LogP contribution in [0.5, 0.6) is 5.75 Å². The van der Waals surface area contributed by atoms with E-state index in [1.807, 2.05) is 32.0 Å². The Morgan fingerprint density at radius 2 is 2.09 bits per heavy atom. The topological polar surface area (TPSA) is 115 Å².